The summed E-state index contributed by atoms with van der Waals surface area (Å²) in [6, 6.07) is 9.44. The van der Waals surface area contributed by atoms with Crippen LogP contribution < -0.4 is 16.0 Å². The monoisotopic (exact) mass is 290 g/mol. The molecule has 1 fully saturated rings. The molecule has 0 spiro atoms. The molecule has 2 amide bonds. The Morgan fingerprint density at radius 2 is 1.86 bits per heavy atom. The van der Waals surface area contributed by atoms with Gasteiger partial charge in [0.15, 0.2) is 0 Å². The number of benzene rings is 1. The van der Waals surface area contributed by atoms with Gasteiger partial charge in [0.1, 0.15) is 0 Å². The quantitative estimate of drug-likeness (QED) is 0.680. The van der Waals surface area contributed by atoms with Crippen LogP contribution in [0.1, 0.15) is 31.4 Å². The fourth-order valence-corrected chi connectivity index (χ4v) is 2.60. The Bertz CT molecular complexity index is 470. The van der Waals surface area contributed by atoms with Crippen LogP contribution in [-0.2, 0) is 9.59 Å². The highest BCUT2D eigenvalue weighted by molar-refractivity contribution is 6.35. The molecule has 1 saturated heterocycles. The molecule has 0 aliphatic carbocycles. The molecule has 0 radical (unpaired) electrons. The summed E-state index contributed by atoms with van der Waals surface area (Å²) in [6.07, 6.45) is 2.20. The van der Waals surface area contributed by atoms with E-state index in [1.54, 1.807) is 0 Å². The zero-order chi connectivity index (χ0) is 15.1. The van der Waals surface area contributed by atoms with E-state index in [4.69, 9.17) is 0 Å². The maximum Gasteiger partial charge on any atom is 0.309 e. The van der Waals surface area contributed by atoms with Crippen molar-refractivity contribution >= 4 is 11.8 Å². The van der Waals surface area contributed by atoms with Crippen LogP contribution in [-0.4, -0.2) is 31.4 Å². The first kappa shape index (κ1) is 15.5. The lowest BCUT2D eigenvalue weighted by atomic mass is 9.98. The molecule has 21 heavy (non-hydrogen) atoms. The molecular weight excluding hydrogens is 266 g/mol. The lowest BCUT2D eigenvalue weighted by molar-refractivity contribution is -0.664. The number of piperidine rings is 1. The van der Waals surface area contributed by atoms with E-state index in [-0.39, 0.29) is 6.04 Å². The molecule has 5 heteroatoms. The Labute approximate surface area is 125 Å². The fraction of sp³-hybridized carbons (Fsp3) is 0.500. The summed E-state index contributed by atoms with van der Waals surface area (Å²) in [5.41, 5.74) is 0.987. The third kappa shape index (κ3) is 4.86. The van der Waals surface area contributed by atoms with E-state index in [9.17, 15) is 9.59 Å². The molecule has 0 unspecified atom stereocenters. The molecule has 4 N–H and O–H groups in total. The van der Waals surface area contributed by atoms with Crippen LogP contribution in [0, 0.1) is 5.92 Å². The van der Waals surface area contributed by atoms with Crippen molar-refractivity contribution in [3.63, 3.8) is 0 Å². The van der Waals surface area contributed by atoms with E-state index in [1.165, 1.54) is 0 Å². The zero-order valence-corrected chi connectivity index (χ0v) is 12.5. The molecule has 1 heterocycles. The number of amides is 2. The smallest absolute Gasteiger partial charge is 0.309 e. The van der Waals surface area contributed by atoms with Crippen LogP contribution in [0.15, 0.2) is 30.3 Å². The van der Waals surface area contributed by atoms with Crippen LogP contribution >= 0.6 is 0 Å². The van der Waals surface area contributed by atoms with Gasteiger partial charge in [-0.1, -0.05) is 30.3 Å². The van der Waals surface area contributed by atoms with Crippen LogP contribution in [0.4, 0.5) is 0 Å². The van der Waals surface area contributed by atoms with Crippen LogP contribution in [0.3, 0.4) is 0 Å². The zero-order valence-electron chi connectivity index (χ0n) is 12.5. The SMILES string of the molecule is C[C@H](NC(=O)C(=O)NCC1CC[NH2+]CC1)c1ccccc1. The summed E-state index contributed by atoms with van der Waals surface area (Å²) in [6.45, 7) is 4.69. The minimum Gasteiger partial charge on any atom is -0.348 e. The normalized spacial score (nSPS) is 17.0. The average molecular weight is 290 g/mol. The summed E-state index contributed by atoms with van der Waals surface area (Å²) in [5, 5.41) is 7.75. The Balaban J connectivity index is 1.75. The number of carbonyl (C=O) groups is 2. The van der Waals surface area contributed by atoms with Crippen LogP contribution in [0.25, 0.3) is 0 Å². The average Bonchev–Trinajstić information content (AvgIpc) is 2.54. The first-order valence-corrected chi connectivity index (χ1v) is 7.62. The second-order valence-corrected chi connectivity index (χ2v) is 5.63. The van der Waals surface area contributed by atoms with Gasteiger partial charge in [0.2, 0.25) is 0 Å². The summed E-state index contributed by atoms with van der Waals surface area (Å²) in [4.78, 5) is 23.7. The van der Waals surface area contributed by atoms with Crippen LogP contribution in [0.2, 0.25) is 0 Å². The molecule has 1 aliphatic rings. The summed E-state index contributed by atoms with van der Waals surface area (Å²) in [7, 11) is 0. The first-order valence-electron chi connectivity index (χ1n) is 7.62. The van der Waals surface area contributed by atoms with E-state index < -0.39 is 11.8 Å². The van der Waals surface area contributed by atoms with E-state index in [0.29, 0.717) is 12.5 Å². The second-order valence-electron chi connectivity index (χ2n) is 5.63. The molecule has 1 aliphatic heterocycles. The lowest BCUT2D eigenvalue weighted by Gasteiger charge is -2.20. The number of carbonyl (C=O) groups excluding carboxylic acids is 2. The molecule has 0 saturated carbocycles. The summed E-state index contributed by atoms with van der Waals surface area (Å²) in [5.74, 6) is -0.598. The predicted octanol–water partition coefficient (Wildman–Crippen LogP) is -0.0466. The van der Waals surface area contributed by atoms with Crippen molar-refractivity contribution in [3.05, 3.63) is 35.9 Å². The largest absolute Gasteiger partial charge is 0.348 e. The maximum atomic E-state index is 11.9. The van der Waals surface area contributed by atoms with Crippen molar-refractivity contribution < 1.29 is 14.9 Å². The van der Waals surface area contributed by atoms with Crippen molar-refractivity contribution in [2.24, 2.45) is 5.92 Å². The maximum absolute atomic E-state index is 11.9. The first-order chi connectivity index (χ1) is 10.2. The lowest BCUT2D eigenvalue weighted by Crippen LogP contribution is -2.86. The highest BCUT2D eigenvalue weighted by atomic mass is 16.2. The van der Waals surface area contributed by atoms with Gasteiger partial charge in [-0.15, -0.1) is 0 Å². The van der Waals surface area contributed by atoms with Crippen molar-refractivity contribution in [1.82, 2.24) is 10.6 Å². The van der Waals surface area contributed by atoms with Gasteiger partial charge in [-0.3, -0.25) is 9.59 Å². The number of quaternary nitrogens is 1. The molecule has 2 rings (SSSR count). The molecule has 1 atom stereocenters. The molecule has 1 aromatic carbocycles. The summed E-state index contributed by atoms with van der Waals surface area (Å²) >= 11 is 0. The second kappa shape index (κ2) is 7.78. The fourth-order valence-electron chi connectivity index (χ4n) is 2.60. The molecule has 0 aromatic heterocycles. The van der Waals surface area contributed by atoms with Crippen molar-refractivity contribution in [2.45, 2.75) is 25.8 Å². The molecule has 0 bridgehead atoms. The third-order valence-corrected chi connectivity index (χ3v) is 3.96. The highest BCUT2D eigenvalue weighted by Crippen LogP contribution is 2.11. The molecular formula is C16H24N3O2+. The van der Waals surface area contributed by atoms with Gasteiger partial charge >= 0.3 is 11.8 Å². The van der Waals surface area contributed by atoms with Crippen molar-refractivity contribution in [1.29, 1.82) is 0 Å². The van der Waals surface area contributed by atoms with Crippen molar-refractivity contribution in [3.8, 4) is 0 Å². The molecule has 5 nitrogen and oxygen atoms in total. The predicted molar refractivity (Wildman–Crippen MR) is 80.4 cm³/mol. The van der Waals surface area contributed by atoms with Crippen LogP contribution in [0.5, 0.6) is 0 Å². The van der Waals surface area contributed by atoms with E-state index in [0.717, 1.165) is 31.5 Å². The third-order valence-electron chi connectivity index (χ3n) is 3.96. The summed E-state index contributed by atoms with van der Waals surface area (Å²) < 4.78 is 0. The highest BCUT2D eigenvalue weighted by Gasteiger charge is 2.20. The number of hydrogen-bond donors (Lipinski definition) is 3. The Kier molecular flexibility index (Phi) is 5.75. The molecule has 114 valence electrons. The number of nitrogens with one attached hydrogen (secondary N) is 2. The Morgan fingerprint density at radius 1 is 1.19 bits per heavy atom. The van der Waals surface area contributed by atoms with Gasteiger partial charge in [-0.25, -0.2) is 0 Å². The minimum atomic E-state index is -0.561. The van der Waals surface area contributed by atoms with Gasteiger partial charge < -0.3 is 16.0 Å². The topological polar surface area (TPSA) is 74.8 Å². The van der Waals surface area contributed by atoms with Gasteiger partial charge in [0, 0.05) is 19.4 Å². The van der Waals surface area contributed by atoms with E-state index in [1.807, 2.05) is 37.3 Å². The minimum absolute atomic E-state index is 0.172. The van der Waals surface area contributed by atoms with E-state index in [2.05, 4.69) is 16.0 Å². The Hall–Kier alpha value is -1.88. The van der Waals surface area contributed by atoms with Gasteiger partial charge in [-0.2, -0.15) is 0 Å². The van der Waals surface area contributed by atoms with Gasteiger partial charge in [0.05, 0.1) is 19.1 Å². The van der Waals surface area contributed by atoms with Crippen molar-refractivity contribution in [2.75, 3.05) is 19.6 Å². The standard InChI is InChI=1S/C16H23N3O2/c1-12(14-5-3-2-4-6-14)19-16(21)15(20)18-11-13-7-9-17-10-8-13/h2-6,12-13,17H,7-11H2,1H3,(H,18,20)(H,19,21)/p+1/t12-/m0/s1. The number of rotatable bonds is 4. The van der Waals surface area contributed by atoms with Gasteiger partial charge in [0.25, 0.3) is 0 Å². The molecule has 1 aromatic rings. The number of nitrogens with two attached hydrogens (primary N) is 1. The van der Waals surface area contributed by atoms with Gasteiger partial charge in [-0.05, 0) is 18.4 Å². The Morgan fingerprint density at radius 3 is 2.52 bits per heavy atom. The number of hydrogen-bond acceptors (Lipinski definition) is 2. The van der Waals surface area contributed by atoms with E-state index >= 15 is 0 Å².